The van der Waals surface area contributed by atoms with Gasteiger partial charge < -0.3 is 16.2 Å². The summed E-state index contributed by atoms with van der Waals surface area (Å²) in [6, 6.07) is 6.64. The minimum Gasteiger partial charge on any atom is -0.481 e. The van der Waals surface area contributed by atoms with Crippen molar-refractivity contribution in [2.45, 2.75) is 39.3 Å². The molecule has 2 atom stereocenters. The third-order valence-electron chi connectivity index (χ3n) is 3.47. The van der Waals surface area contributed by atoms with Crippen LogP contribution in [0.1, 0.15) is 31.4 Å². The van der Waals surface area contributed by atoms with Gasteiger partial charge in [-0.05, 0) is 17.0 Å². The molecule has 0 aliphatic heterocycles. The highest BCUT2D eigenvalue weighted by Crippen LogP contribution is 2.10. The monoisotopic (exact) mass is 278 g/mol. The summed E-state index contributed by atoms with van der Waals surface area (Å²) in [6.07, 6.45) is 0.785. The molecule has 1 amide bonds. The Bertz CT molecular complexity index is 474. The summed E-state index contributed by atoms with van der Waals surface area (Å²) in [5, 5.41) is 11.6. The average molecular weight is 278 g/mol. The van der Waals surface area contributed by atoms with E-state index in [1.165, 1.54) is 0 Å². The molecule has 0 spiro atoms. The Morgan fingerprint density at radius 1 is 1.30 bits per heavy atom. The van der Waals surface area contributed by atoms with Crippen LogP contribution in [0.15, 0.2) is 24.3 Å². The lowest BCUT2D eigenvalue weighted by Crippen LogP contribution is -2.44. The summed E-state index contributed by atoms with van der Waals surface area (Å²) in [7, 11) is 0. The number of carbonyl (C=O) groups excluding carboxylic acids is 1. The van der Waals surface area contributed by atoms with Crippen LogP contribution >= 0.6 is 0 Å². The third-order valence-corrected chi connectivity index (χ3v) is 3.47. The SMILES string of the molecule is CCC(C)C(N)C(=O)NCc1ccccc1CC(=O)O. The van der Waals surface area contributed by atoms with Crippen LogP contribution in [0.2, 0.25) is 0 Å². The van der Waals surface area contributed by atoms with Crippen molar-refractivity contribution >= 4 is 11.9 Å². The van der Waals surface area contributed by atoms with E-state index in [2.05, 4.69) is 5.32 Å². The summed E-state index contributed by atoms with van der Waals surface area (Å²) in [5.41, 5.74) is 7.36. The van der Waals surface area contributed by atoms with Gasteiger partial charge in [0.15, 0.2) is 0 Å². The minimum atomic E-state index is -0.889. The molecule has 1 rings (SSSR count). The number of aliphatic carboxylic acids is 1. The Morgan fingerprint density at radius 3 is 2.45 bits per heavy atom. The smallest absolute Gasteiger partial charge is 0.307 e. The second-order valence-corrected chi connectivity index (χ2v) is 4.97. The van der Waals surface area contributed by atoms with Crippen molar-refractivity contribution in [1.29, 1.82) is 0 Å². The molecular weight excluding hydrogens is 256 g/mol. The first kappa shape index (κ1) is 16.2. The fourth-order valence-electron chi connectivity index (χ4n) is 1.88. The summed E-state index contributed by atoms with van der Waals surface area (Å²) in [5.74, 6) is -0.978. The number of rotatable bonds is 7. The van der Waals surface area contributed by atoms with Crippen molar-refractivity contribution in [3.05, 3.63) is 35.4 Å². The number of nitrogens with one attached hydrogen (secondary N) is 1. The summed E-state index contributed by atoms with van der Waals surface area (Å²) < 4.78 is 0. The number of benzene rings is 1. The number of carboxylic acids is 1. The topological polar surface area (TPSA) is 92.4 Å². The summed E-state index contributed by atoms with van der Waals surface area (Å²) in [4.78, 5) is 22.7. The predicted molar refractivity (Wildman–Crippen MR) is 77.1 cm³/mol. The molecule has 5 heteroatoms. The van der Waals surface area contributed by atoms with Crippen LogP contribution in [0, 0.1) is 5.92 Å². The number of hydrogen-bond acceptors (Lipinski definition) is 3. The average Bonchev–Trinajstić information content (AvgIpc) is 2.43. The summed E-state index contributed by atoms with van der Waals surface area (Å²) in [6.45, 7) is 4.22. The first-order valence-corrected chi connectivity index (χ1v) is 6.77. The van der Waals surface area contributed by atoms with Gasteiger partial charge in [-0.15, -0.1) is 0 Å². The molecule has 4 N–H and O–H groups in total. The number of nitrogens with two attached hydrogens (primary N) is 1. The minimum absolute atomic E-state index is 0.0521. The highest BCUT2D eigenvalue weighted by Gasteiger charge is 2.19. The van der Waals surface area contributed by atoms with Gasteiger partial charge in [0.05, 0.1) is 12.5 Å². The third kappa shape index (κ3) is 4.66. The van der Waals surface area contributed by atoms with Crippen LogP contribution in [0.25, 0.3) is 0 Å². The molecule has 0 aromatic heterocycles. The second-order valence-electron chi connectivity index (χ2n) is 4.97. The van der Waals surface area contributed by atoms with Gasteiger partial charge in [-0.3, -0.25) is 9.59 Å². The molecule has 0 bridgehead atoms. The maximum atomic E-state index is 11.9. The highest BCUT2D eigenvalue weighted by molar-refractivity contribution is 5.81. The van der Waals surface area contributed by atoms with Gasteiger partial charge in [-0.1, -0.05) is 44.5 Å². The van der Waals surface area contributed by atoms with Crippen LogP contribution in [-0.2, 0) is 22.6 Å². The molecular formula is C15H22N2O3. The van der Waals surface area contributed by atoms with Crippen LogP contribution in [0.5, 0.6) is 0 Å². The molecule has 0 aliphatic rings. The van der Waals surface area contributed by atoms with Crippen molar-refractivity contribution in [1.82, 2.24) is 5.32 Å². The first-order chi connectivity index (χ1) is 9.45. The van der Waals surface area contributed by atoms with Crippen LogP contribution < -0.4 is 11.1 Å². The molecule has 1 aromatic carbocycles. The van der Waals surface area contributed by atoms with E-state index in [1.54, 1.807) is 12.1 Å². The molecule has 20 heavy (non-hydrogen) atoms. The Labute approximate surface area is 119 Å². The van der Waals surface area contributed by atoms with E-state index in [4.69, 9.17) is 10.8 Å². The lowest BCUT2D eigenvalue weighted by molar-refractivity contribution is -0.136. The van der Waals surface area contributed by atoms with Crippen molar-refractivity contribution in [3.63, 3.8) is 0 Å². The predicted octanol–water partition coefficient (Wildman–Crippen LogP) is 1.30. The van der Waals surface area contributed by atoms with Gasteiger partial charge in [0.1, 0.15) is 0 Å². The number of carbonyl (C=O) groups is 2. The molecule has 1 aromatic rings. The Hall–Kier alpha value is -1.88. The molecule has 0 radical (unpaired) electrons. The number of amides is 1. The zero-order chi connectivity index (χ0) is 15.1. The van der Waals surface area contributed by atoms with Crippen LogP contribution in [0.3, 0.4) is 0 Å². The van der Waals surface area contributed by atoms with Crippen molar-refractivity contribution in [2.24, 2.45) is 11.7 Å². The molecule has 0 aliphatic carbocycles. The number of carboxylic acid groups (broad SMARTS) is 1. The van der Waals surface area contributed by atoms with E-state index in [0.29, 0.717) is 12.1 Å². The fraction of sp³-hybridized carbons (Fsp3) is 0.467. The quantitative estimate of drug-likeness (QED) is 0.701. The van der Waals surface area contributed by atoms with Crippen molar-refractivity contribution in [2.75, 3.05) is 0 Å². The Kier molecular flexibility index (Phi) is 6.18. The molecule has 110 valence electrons. The van der Waals surface area contributed by atoms with E-state index in [0.717, 1.165) is 12.0 Å². The Morgan fingerprint density at radius 2 is 1.90 bits per heavy atom. The molecule has 0 fully saturated rings. The molecule has 2 unspecified atom stereocenters. The normalized spacial score (nSPS) is 13.6. The van der Waals surface area contributed by atoms with Crippen molar-refractivity contribution in [3.8, 4) is 0 Å². The van der Waals surface area contributed by atoms with Crippen molar-refractivity contribution < 1.29 is 14.7 Å². The molecule has 5 nitrogen and oxygen atoms in total. The standard InChI is InChI=1S/C15H22N2O3/c1-3-10(2)14(16)15(20)17-9-12-7-5-4-6-11(12)8-13(18)19/h4-7,10,14H,3,8-9,16H2,1-2H3,(H,17,20)(H,18,19). The van der Waals surface area contributed by atoms with Gasteiger partial charge in [0, 0.05) is 6.54 Å². The Balaban J connectivity index is 2.66. The van der Waals surface area contributed by atoms with Gasteiger partial charge in [-0.25, -0.2) is 0 Å². The molecule has 0 saturated carbocycles. The summed E-state index contributed by atoms with van der Waals surface area (Å²) >= 11 is 0. The lowest BCUT2D eigenvalue weighted by Gasteiger charge is -2.18. The molecule has 0 saturated heterocycles. The number of hydrogen-bond donors (Lipinski definition) is 3. The van der Waals surface area contributed by atoms with Gasteiger partial charge in [0.2, 0.25) is 5.91 Å². The zero-order valence-corrected chi connectivity index (χ0v) is 11.9. The fourth-order valence-corrected chi connectivity index (χ4v) is 1.88. The van der Waals surface area contributed by atoms with E-state index in [1.807, 2.05) is 26.0 Å². The van der Waals surface area contributed by atoms with E-state index in [-0.39, 0.29) is 18.2 Å². The highest BCUT2D eigenvalue weighted by atomic mass is 16.4. The zero-order valence-electron chi connectivity index (χ0n) is 11.9. The van der Waals surface area contributed by atoms with E-state index in [9.17, 15) is 9.59 Å². The maximum absolute atomic E-state index is 11.9. The van der Waals surface area contributed by atoms with Gasteiger partial charge >= 0.3 is 5.97 Å². The second kappa shape index (κ2) is 7.65. The van der Waals surface area contributed by atoms with Gasteiger partial charge in [0.25, 0.3) is 0 Å². The maximum Gasteiger partial charge on any atom is 0.307 e. The van der Waals surface area contributed by atoms with Gasteiger partial charge in [-0.2, -0.15) is 0 Å². The molecule has 0 heterocycles. The van der Waals surface area contributed by atoms with E-state index < -0.39 is 12.0 Å². The lowest BCUT2D eigenvalue weighted by atomic mass is 9.99. The van der Waals surface area contributed by atoms with Crippen LogP contribution in [-0.4, -0.2) is 23.0 Å². The first-order valence-electron chi connectivity index (χ1n) is 6.77. The van der Waals surface area contributed by atoms with Crippen LogP contribution in [0.4, 0.5) is 0 Å². The largest absolute Gasteiger partial charge is 0.481 e. The van der Waals surface area contributed by atoms with E-state index >= 15 is 0 Å².